The molecule has 0 aromatic rings. The van der Waals surface area contributed by atoms with E-state index >= 15 is 0 Å². The van der Waals surface area contributed by atoms with E-state index in [2.05, 4.69) is 0 Å². The summed E-state index contributed by atoms with van der Waals surface area (Å²) in [5.41, 5.74) is -5.51. The van der Waals surface area contributed by atoms with Gasteiger partial charge in [0.2, 0.25) is 0 Å². The van der Waals surface area contributed by atoms with Gasteiger partial charge in [-0.1, -0.05) is 13.8 Å². The lowest BCUT2D eigenvalue weighted by Crippen LogP contribution is -2.26. The van der Waals surface area contributed by atoms with Crippen LogP contribution in [0.5, 0.6) is 0 Å². The van der Waals surface area contributed by atoms with Crippen molar-refractivity contribution in [1.82, 2.24) is 0 Å². The fourth-order valence-electron chi connectivity index (χ4n) is 0.729. The Hall–Kier alpha value is 2.60. The Morgan fingerprint density at radius 2 is 1.08 bits per heavy atom. The van der Waals surface area contributed by atoms with Gasteiger partial charge in [0.25, 0.3) is 0 Å². The molecule has 0 bridgehead atoms. The van der Waals surface area contributed by atoms with Crippen molar-refractivity contribution in [2.24, 2.45) is 0 Å². The highest BCUT2D eigenvalue weighted by Crippen LogP contribution is 2.67. The first-order valence-corrected chi connectivity index (χ1v) is 16.2. The van der Waals surface area contributed by atoms with Gasteiger partial charge < -0.3 is 0 Å². The van der Waals surface area contributed by atoms with Crippen LogP contribution in [0, 0.1) is 0 Å². The van der Waals surface area contributed by atoms with Gasteiger partial charge in [0.15, 0.2) is 0 Å². The van der Waals surface area contributed by atoms with Crippen LogP contribution in [0.15, 0.2) is 0 Å². The first kappa shape index (κ1) is 14.6. The summed E-state index contributed by atoms with van der Waals surface area (Å²) in [6, 6.07) is 0. The molecule has 0 aromatic carbocycles. The Morgan fingerprint density at radius 1 is 0.833 bits per heavy atom. The molecule has 0 spiro atoms. The third-order valence-electron chi connectivity index (χ3n) is 1.06. The summed E-state index contributed by atoms with van der Waals surface area (Å²) in [7, 11) is -1.03. The molecule has 74 valence electrons. The zero-order valence-corrected chi connectivity index (χ0v) is 13.7. The van der Waals surface area contributed by atoms with Gasteiger partial charge in [-0.05, 0) is 12.7 Å². The van der Waals surface area contributed by atoms with E-state index < -0.39 is 18.4 Å². The molecular formula is C3H7Cl6PSi2. The van der Waals surface area contributed by atoms with Gasteiger partial charge in [0.1, 0.15) is 0 Å². The Kier molecular flexibility index (Phi) is 6.20. The summed E-state index contributed by atoms with van der Waals surface area (Å²) in [5.74, 6) is 0. The molecule has 0 heterocycles. The average molecular weight is 343 g/mol. The minimum atomic E-state index is -2.84. The lowest BCUT2D eigenvalue weighted by atomic mass is 10.6. The first-order chi connectivity index (χ1) is 5.07. The third kappa shape index (κ3) is 4.90. The molecule has 0 amide bonds. The fourth-order valence-corrected chi connectivity index (χ4v) is 50.7. The van der Waals surface area contributed by atoms with E-state index in [0.717, 1.165) is 0 Å². The zero-order valence-electron chi connectivity index (χ0n) is 6.29. The van der Waals surface area contributed by atoms with Crippen LogP contribution >= 0.6 is 73.5 Å². The van der Waals surface area contributed by atoms with Crippen molar-refractivity contribution in [2.75, 3.05) is 0 Å². The third-order valence-corrected chi connectivity index (χ3v) is 33.1. The number of halogens is 6. The van der Waals surface area contributed by atoms with Crippen LogP contribution in [0.4, 0.5) is 0 Å². The minimum absolute atomic E-state index is 0.165. The van der Waals surface area contributed by atoms with E-state index in [4.69, 9.17) is 66.5 Å². The maximum Gasteiger partial charge on any atom is 0.365 e. The summed E-state index contributed by atoms with van der Waals surface area (Å²) in [6.45, 7) is 3.85. The van der Waals surface area contributed by atoms with Crippen LogP contribution in [0.25, 0.3) is 0 Å². The molecule has 12 heavy (non-hydrogen) atoms. The smallest absolute Gasteiger partial charge is 0.121 e. The Labute approximate surface area is 103 Å². The molecule has 0 unspecified atom stereocenters. The van der Waals surface area contributed by atoms with Gasteiger partial charge in [0.05, 0.1) is 0 Å². The van der Waals surface area contributed by atoms with E-state index in [9.17, 15) is 0 Å². The molecule has 0 aliphatic rings. The van der Waals surface area contributed by atoms with Crippen LogP contribution < -0.4 is 0 Å². The monoisotopic (exact) mass is 340 g/mol. The van der Waals surface area contributed by atoms with Crippen LogP contribution in [0.3, 0.4) is 0 Å². The minimum Gasteiger partial charge on any atom is -0.121 e. The summed E-state index contributed by atoms with van der Waals surface area (Å²) in [5, 5.41) is 0. The molecule has 0 nitrogen and oxygen atoms in total. The van der Waals surface area contributed by atoms with Gasteiger partial charge in [-0.25, -0.2) is 0 Å². The number of rotatable bonds is 3. The summed E-state index contributed by atoms with van der Waals surface area (Å²) in [6.07, 6.45) is 0. The van der Waals surface area contributed by atoms with Crippen molar-refractivity contribution in [3.63, 3.8) is 0 Å². The molecule has 9 heteroatoms. The Balaban J connectivity index is 4.70. The van der Waals surface area contributed by atoms with Gasteiger partial charge >= 0.3 is 11.3 Å². The summed E-state index contributed by atoms with van der Waals surface area (Å²) in [4.78, 5) is 0. The predicted molar refractivity (Wildman–Crippen MR) is 68.7 cm³/mol. The van der Waals surface area contributed by atoms with E-state index in [1.165, 1.54) is 0 Å². The molecule has 0 rings (SSSR count). The topological polar surface area (TPSA) is 0 Å². The average Bonchev–Trinajstić information content (AvgIpc) is 1.49. The summed E-state index contributed by atoms with van der Waals surface area (Å²) < 4.78 is 0. The standard InChI is InChI=1S/C3H7Cl6PSi2/c1-3(2)10(11(4,5)6)12(7,8)9/h3H,1-2H3. The van der Waals surface area contributed by atoms with Crippen molar-refractivity contribution < 1.29 is 0 Å². The van der Waals surface area contributed by atoms with Crippen LogP contribution in [0.1, 0.15) is 13.8 Å². The molecule has 0 saturated carbocycles. The van der Waals surface area contributed by atoms with Gasteiger partial charge in [-0.3, -0.25) is 0 Å². The molecule has 0 saturated heterocycles. The van der Waals surface area contributed by atoms with Gasteiger partial charge in [-0.15, -0.1) is 66.5 Å². The second-order valence-corrected chi connectivity index (χ2v) is 32.7. The van der Waals surface area contributed by atoms with Gasteiger partial charge in [-0.2, -0.15) is 0 Å². The highest BCUT2D eigenvalue weighted by Gasteiger charge is 2.52. The number of hydrogen-bond donors (Lipinski definition) is 0. The van der Waals surface area contributed by atoms with Crippen LogP contribution in [-0.4, -0.2) is 17.0 Å². The highest BCUT2D eigenvalue weighted by molar-refractivity contribution is 8.43. The quantitative estimate of drug-likeness (QED) is 0.376. The molecule has 0 atom stereocenters. The lowest BCUT2D eigenvalue weighted by Gasteiger charge is -2.30. The largest absolute Gasteiger partial charge is 0.365 e. The molecule has 0 aliphatic heterocycles. The SMILES string of the molecule is CC(C)P([Si](Cl)(Cl)Cl)[Si](Cl)(Cl)Cl. The van der Waals surface area contributed by atoms with Crippen LogP contribution in [-0.2, 0) is 0 Å². The molecule has 0 fully saturated rings. The second-order valence-electron chi connectivity index (χ2n) is 2.40. The van der Waals surface area contributed by atoms with E-state index in [-0.39, 0.29) is 5.66 Å². The summed E-state index contributed by atoms with van der Waals surface area (Å²) >= 11 is 35.2. The molecule has 0 aliphatic carbocycles. The van der Waals surface area contributed by atoms with Gasteiger partial charge in [0, 0.05) is 0 Å². The van der Waals surface area contributed by atoms with Crippen molar-refractivity contribution in [1.29, 1.82) is 0 Å². The molecular weight excluding hydrogens is 336 g/mol. The molecule has 0 N–H and O–H groups in total. The fraction of sp³-hybridized carbons (Fsp3) is 1.00. The zero-order chi connectivity index (χ0) is 10.2. The highest BCUT2D eigenvalue weighted by atomic mass is 35.9. The first-order valence-electron chi connectivity index (χ1n) is 2.99. The van der Waals surface area contributed by atoms with Crippen molar-refractivity contribution in [2.45, 2.75) is 19.5 Å². The van der Waals surface area contributed by atoms with Crippen molar-refractivity contribution in [3.05, 3.63) is 0 Å². The van der Waals surface area contributed by atoms with E-state index in [1.54, 1.807) is 0 Å². The molecule has 0 aromatic heterocycles. The van der Waals surface area contributed by atoms with E-state index in [0.29, 0.717) is 0 Å². The second kappa shape index (κ2) is 5.09. The Bertz CT molecular complexity index is 136. The predicted octanol–water partition coefficient (Wildman–Crippen LogP) is 5.18. The molecule has 0 radical (unpaired) electrons. The lowest BCUT2D eigenvalue weighted by molar-refractivity contribution is 1.11. The maximum absolute atomic E-state index is 5.86. The normalized spacial score (nSPS) is 14.5. The Morgan fingerprint density at radius 3 is 1.08 bits per heavy atom. The van der Waals surface area contributed by atoms with Crippen LogP contribution in [0.2, 0.25) is 0 Å². The van der Waals surface area contributed by atoms with E-state index in [1.807, 2.05) is 13.8 Å². The maximum atomic E-state index is 5.86. The van der Waals surface area contributed by atoms with Crippen molar-refractivity contribution >= 4 is 84.8 Å². The van der Waals surface area contributed by atoms with Crippen molar-refractivity contribution in [3.8, 4) is 0 Å². The number of hydrogen-bond acceptors (Lipinski definition) is 0.